The van der Waals surface area contributed by atoms with Gasteiger partial charge in [0, 0.05) is 29.5 Å². The van der Waals surface area contributed by atoms with E-state index in [1.165, 1.54) is 44.4 Å². The molecule has 0 fully saturated rings. The summed E-state index contributed by atoms with van der Waals surface area (Å²) in [7, 11) is 2.08. The van der Waals surface area contributed by atoms with Crippen molar-refractivity contribution in [3.8, 4) is 17.1 Å². The van der Waals surface area contributed by atoms with Crippen molar-refractivity contribution in [2.24, 2.45) is 7.05 Å². The summed E-state index contributed by atoms with van der Waals surface area (Å²) in [5.41, 5.74) is 8.44. The van der Waals surface area contributed by atoms with Crippen LogP contribution in [-0.2, 0) is 7.05 Å². The van der Waals surface area contributed by atoms with E-state index >= 15 is 0 Å². The molecule has 3 heteroatoms. The SMILES string of the molecule is Cc1cc(C)c(-[n+]2cc3ccccc3cc2C)c(C)c1-c1nc2ccccc2c[n+]1C. The molecule has 3 nitrogen and oxygen atoms in total. The Labute approximate surface area is 183 Å². The predicted octanol–water partition coefficient (Wildman–Crippen LogP) is 5.39. The quantitative estimate of drug-likeness (QED) is 0.361. The fourth-order valence-electron chi connectivity index (χ4n) is 4.82. The van der Waals surface area contributed by atoms with Gasteiger partial charge in [-0.1, -0.05) is 30.3 Å². The van der Waals surface area contributed by atoms with Crippen molar-refractivity contribution < 1.29 is 9.13 Å². The third-order valence-corrected chi connectivity index (χ3v) is 6.23. The van der Waals surface area contributed by atoms with E-state index in [2.05, 4.69) is 111 Å². The summed E-state index contributed by atoms with van der Waals surface area (Å²) >= 11 is 0. The van der Waals surface area contributed by atoms with Gasteiger partial charge in [0.2, 0.25) is 5.69 Å². The van der Waals surface area contributed by atoms with E-state index in [0.29, 0.717) is 0 Å². The Morgan fingerprint density at radius 2 is 1.39 bits per heavy atom. The average Bonchev–Trinajstić information content (AvgIpc) is 2.74. The van der Waals surface area contributed by atoms with E-state index in [1.807, 2.05) is 6.07 Å². The molecule has 2 heterocycles. The highest BCUT2D eigenvalue weighted by atomic mass is 15.0. The number of fused-ring (bicyclic) bond motifs is 2. The number of hydrogen-bond acceptors (Lipinski definition) is 1. The lowest BCUT2D eigenvalue weighted by Gasteiger charge is -2.13. The van der Waals surface area contributed by atoms with Crippen molar-refractivity contribution in [3.05, 3.63) is 95.4 Å². The Morgan fingerprint density at radius 3 is 2.16 bits per heavy atom. The molecule has 31 heavy (non-hydrogen) atoms. The van der Waals surface area contributed by atoms with Crippen LogP contribution in [0.3, 0.4) is 0 Å². The van der Waals surface area contributed by atoms with Crippen LogP contribution in [0.2, 0.25) is 0 Å². The first-order valence-electron chi connectivity index (χ1n) is 10.7. The molecule has 0 aliphatic rings. The van der Waals surface area contributed by atoms with Gasteiger partial charge in [0.25, 0.3) is 0 Å². The van der Waals surface area contributed by atoms with E-state index in [1.54, 1.807) is 0 Å². The molecule has 0 spiro atoms. The Morgan fingerprint density at radius 1 is 0.710 bits per heavy atom. The Hall–Kier alpha value is -3.59. The van der Waals surface area contributed by atoms with Crippen LogP contribution in [-0.4, -0.2) is 4.98 Å². The number of benzene rings is 3. The van der Waals surface area contributed by atoms with Gasteiger partial charge in [-0.25, -0.2) is 4.57 Å². The highest BCUT2D eigenvalue weighted by molar-refractivity contribution is 5.81. The zero-order valence-electron chi connectivity index (χ0n) is 18.8. The third-order valence-electron chi connectivity index (χ3n) is 6.23. The van der Waals surface area contributed by atoms with Crippen LogP contribution in [0.5, 0.6) is 0 Å². The normalized spacial score (nSPS) is 11.4. The highest BCUT2D eigenvalue weighted by Gasteiger charge is 2.27. The van der Waals surface area contributed by atoms with Gasteiger partial charge in [0.15, 0.2) is 17.4 Å². The van der Waals surface area contributed by atoms with Crippen LogP contribution < -0.4 is 9.13 Å². The number of nitrogens with zero attached hydrogens (tertiary/aromatic N) is 3. The Balaban J connectivity index is 1.81. The molecule has 0 aliphatic carbocycles. The number of rotatable bonds is 2. The number of aryl methyl sites for hydroxylation is 4. The van der Waals surface area contributed by atoms with Gasteiger partial charge < -0.3 is 0 Å². The summed E-state index contributed by atoms with van der Waals surface area (Å²) < 4.78 is 4.48. The van der Waals surface area contributed by atoms with Crippen LogP contribution in [0.1, 0.15) is 22.4 Å². The molecule has 0 saturated heterocycles. The summed E-state index contributed by atoms with van der Waals surface area (Å²) in [5, 5.41) is 3.65. The second-order valence-electron chi connectivity index (χ2n) is 8.51. The molecule has 5 aromatic rings. The van der Waals surface area contributed by atoms with E-state index in [-0.39, 0.29) is 0 Å². The van der Waals surface area contributed by atoms with Gasteiger partial charge in [0.05, 0.1) is 18.0 Å². The average molecular weight is 406 g/mol. The molecular weight excluding hydrogens is 378 g/mol. The lowest BCUT2D eigenvalue weighted by atomic mass is 9.95. The van der Waals surface area contributed by atoms with Gasteiger partial charge in [-0.05, 0) is 61.0 Å². The minimum Gasteiger partial charge on any atom is -0.232 e. The molecule has 0 atom stereocenters. The van der Waals surface area contributed by atoms with Gasteiger partial charge in [-0.2, -0.15) is 4.57 Å². The van der Waals surface area contributed by atoms with Crippen molar-refractivity contribution in [1.82, 2.24) is 4.98 Å². The summed E-state index contributed by atoms with van der Waals surface area (Å²) in [6.07, 6.45) is 4.43. The fourth-order valence-corrected chi connectivity index (χ4v) is 4.82. The first-order chi connectivity index (χ1) is 14.9. The number of aromatic nitrogens is 3. The van der Waals surface area contributed by atoms with E-state index in [9.17, 15) is 0 Å². The van der Waals surface area contributed by atoms with E-state index in [0.717, 1.165) is 16.7 Å². The lowest BCUT2D eigenvalue weighted by molar-refractivity contribution is -0.661. The molecular formula is C28H27N3+2. The second-order valence-corrected chi connectivity index (χ2v) is 8.51. The molecule has 152 valence electrons. The second kappa shape index (κ2) is 7.28. The summed E-state index contributed by atoms with van der Waals surface area (Å²) in [5.74, 6) is 0.994. The van der Waals surface area contributed by atoms with Crippen LogP contribution in [0.4, 0.5) is 0 Å². The Kier molecular flexibility index (Phi) is 4.55. The van der Waals surface area contributed by atoms with Crippen molar-refractivity contribution >= 4 is 21.7 Å². The third kappa shape index (κ3) is 3.17. The minimum absolute atomic E-state index is 0.994. The molecule has 0 bridgehead atoms. The molecule has 0 unspecified atom stereocenters. The molecule has 0 saturated carbocycles. The minimum atomic E-state index is 0.994. The maximum absolute atomic E-state index is 5.06. The standard InChI is InChI=1S/C28H27N3/c1-18-14-19(2)27(31-17-23-11-7-6-10-22(23)15-20(31)3)21(4)26(18)28-29-25-13-9-8-12-24(25)16-30(28)5/h6-17H,1-5H3/q+2. The summed E-state index contributed by atoms with van der Waals surface area (Å²) in [6, 6.07) is 21.4. The van der Waals surface area contributed by atoms with Gasteiger partial charge >= 0.3 is 5.82 Å². The molecule has 0 N–H and O–H groups in total. The maximum Gasteiger partial charge on any atom is 0.331 e. The number of para-hydroxylation sites is 1. The van der Waals surface area contributed by atoms with Gasteiger partial charge in [-0.15, -0.1) is 0 Å². The Bertz CT molecular complexity index is 1370. The van der Waals surface area contributed by atoms with Crippen LogP contribution >= 0.6 is 0 Å². The summed E-state index contributed by atoms with van der Waals surface area (Å²) in [4.78, 5) is 5.06. The van der Waals surface area contributed by atoms with E-state index < -0.39 is 0 Å². The molecule has 0 aliphatic heterocycles. The molecule has 0 radical (unpaired) electrons. The first kappa shape index (κ1) is 19.4. The number of hydrogen-bond donors (Lipinski definition) is 0. The van der Waals surface area contributed by atoms with Crippen LogP contribution in [0.15, 0.2) is 73.1 Å². The largest absolute Gasteiger partial charge is 0.331 e. The highest BCUT2D eigenvalue weighted by Crippen LogP contribution is 2.30. The van der Waals surface area contributed by atoms with Crippen molar-refractivity contribution in [1.29, 1.82) is 0 Å². The van der Waals surface area contributed by atoms with E-state index in [4.69, 9.17) is 4.98 Å². The van der Waals surface area contributed by atoms with Gasteiger partial charge in [0.1, 0.15) is 6.20 Å². The van der Waals surface area contributed by atoms with Crippen LogP contribution in [0, 0.1) is 27.7 Å². The zero-order chi connectivity index (χ0) is 21.7. The zero-order valence-corrected chi connectivity index (χ0v) is 18.8. The molecule has 2 aromatic heterocycles. The molecule has 0 amide bonds. The fraction of sp³-hybridized carbons (Fsp3) is 0.179. The van der Waals surface area contributed by atoms with Crippen molar-refractivity contribution in [3.63, 3.8) is 0 Å². The van der Waals surface area contributed by atoms with Gasteiger partial charge in [-0.3, -0.25) is 0 Å². The molecule has 5 rings (SSSR count). The first-order valence-corrected chi connectivity index (χ1v) is 10.7. The van der Waals surface area contributed by atoms with Crippen molar-refractivity contribution in [2.75, 3.05) is 0 Å². The lowest BCUT2D eigenvalue weighted by Crippen LogP contribution is -2.37. The summed E-state index contributed by atoms with van der Waals surface area (Å²) in [6.45, 7) is 8.80. The predicted molar refractivity (Wildman–Crippen MR) is 126 cm³/mol. The smallest absolute Gasteiger partial charge is 0.232 e. The van der Waals surface area contributed by atoms with Crippen molar-refractivity contribution in [2.45, 2.75) is 27.7 Å². The number of pyridine rings is 1. The monoisotopic (exact) mass is 405 g/mol. The molecule has 3 aromatic carbocycles. The maximum atomic E-state index is 5.06. The topological polar surface area (TPSA) is 20.6 Å². The van der Waals surface area contributed by atoms with Crippen LogP contribution in [0.25, 0.3) is 38.8 Å².